The molecule has 5 heteroatoms. The summed E-state index contributed by atoms with van der Waals surface area (Å²) >= 11 is 0. The van der Waals surface area contributed by atoms with Crippen LogP contribution in [0.2, 0.25) is 0 Å². The molecule has 2 aromatic rings. The number of carbonyl (C=O) groups is 1. The Hall–Kier alpha value is -2.43. The number of hydrogen-bond donors (Lipinski definition) is 2. The summed E-state index contributed by atoms with van der Waals surface area (Å²) in [6.45, 7) is 1.51. The number of nitrogens with one attached hydrogen (secondary N) is 2. The molecular weight excluding hydrogens is 218 g/mol. The molecular formula is C12H11N3O2. The fourth-order valence-corrected chi connectivity index (χ4v) is 1.47. The van der Waals surface area contributed by atoms with Crippen LogP contribution >= 0.6 is 0 Å². The molecule has 0 spiro atoms. The molecule has 5 nitrogen and oxygen atoms in total. The van der Waals surface area contributed by atoms with E-state index in [0.29, 0.717) is 16.9 Å². The summed E-state index contributed by atoms with van der Waals surface area (Å²) in [6, 6.07) is 7.16. The Kier molecular flexibility index (Phi) is 3.00. The van der Waals surface area contributed by atoms with Gasteiger partial charge in [-0.25, -0.2) is 4.79 Å². The van der Waals surface area contributed by atoms with E-state index in [2.05, 4.69) is 15.3 Å². The van der Waals surface area contributed by atoms with Gasteiger partial charge in [-0.1, -0.05) is 12.1 Å². The third kappa shape index (κ3) is 2.57. The molecule has 1 heterocycles. The number of para-hydroxylation sites is 1. The molecule has 0 fully saturated rings. The van der Waals surface area contributed by atoms with Gasteiger partial charge in [-0.3, -0.25) is 4.79 Å². The minimum absolute atomic E-state index is 0.0227. The summed E-state index contributed by atoms with van der Waals surface area (Å²) in [5.41, 5.74) is 1.50. The maximum Gasteiger partial charge on any atom is 0.345 e. The van der Waals surface area contributed by atoms with Crippen LogP contribution in [0.15, 0.2) is 41.5 Å². The number of benzene rings is 1. The van der Waals surface area contributed by atoms with Crippen molar-refractivity contribution in [2.75, 3.05) is 5.32 Å². The number of rotatable bonds is 3. The summed E-state index contributed by atoms with van der Waals surface area (Å²) in [5.74, 6) is -0.0227. The zero-order valence-electron chi connectivity index (χ0n) is 9.23. The molecule has 0 atom stereocenters. The van der Waals surface area contributed by atoms with Crippen LogP contribution in [0.4, 0.5) is 11.4 Å². The first-order valence-electron chi connectivity index (χ1n) is 5.08. The van der Waals surface area contributed by atoms with E-state index in [-0.39, 0.29) is 5.78 Å². The van der Waals surface area contributed by atoms with E-state index in [1.807, 2.05) is 6.07 Å². The third-order valence-corrected chi connectivity index (χ3v) is 2.26. The average molecular weight is 229 g/mol. The zero-order chi connectivity index (χ0) is 12.3. The lowest BCUT2D eigenvalue weighted by Gasteiger charge is -2.08. The van der Waals surface area contributed by atoms with Gasteiger partial charge in [0.1, 0.15) is 0 Å². The van der Waals surface area contributed by atoms with Crippen LogP contribution < -0.4 is 11.0 Å². The van der Waals surface area contributed by atoms with Crippen molar-refractivity contribution in [1.82, 2.24) is 9.97 Å². The SMILES string of the molecule is CC(=O)c1ccccc1Nc1cnc(=O)[nH]c1. The highest BCUT2D eigenvalue weighted by Gasteiger charge is 2.06. The number of ketones is 1. The molecule has 86 valence electrons. The Morgan fingerprint density at radius 2 is 2.12 bits per heavy atom. The summed E-state index contributed by atoms with van der Waals surface area (Å²) in [7, 11) is 0. The van der Waals surface area contributed by atoms with Crippen LogP contribution in [0, 0.1) is 0 Å². The van der Waals surface area contributed by atoms with Gasteiger partial charge >= 0.3 is 5.69 Å². The average Bonchev–Trinajstić information content (AvgIpc) is 2.32. The summed E-state index contributed by atoms with van der Waals surface area (Å²) in [4.78, 5) is 28.2. The number of hydrogen-bond acceptors (Lipinski definition) is 4. The highest BCUT2D eigenvalue weighted by atomic mass is 16.1. The minimum atomic E-state index is -0.407. The molecule has 1 aromatic heterocycles. The molecule has 0 saturated heterocycles. The van der Waals surface area contributed by atoms with Gasteiger partial charge in [0.15, 0.2) is 5.78 Å². The third-order valence-electron chi connectivity index (χ3n) is 2.26. The summed E-state index contributed by atoms with van der Waals surface area (Å²) < 4.78 is 0. The van der Waals surface area contributed by atoms with Gasteiger partial charge in [0, 0.05) is 17.4 Å². The van der Waals surface area contributed by atoms with E-state index in [1.165, 1.54) is 19.3 Å². The Labute approximate surface area is 97.5 Å². The van der Waals surface area contributed by atoms with Crippen molar-refractivity contribution in [2.45, 2.75) is 6.92 Å². The predicted molar refractivity (Wildman–Crippen MR) is 64.6 cm³/mol. The fraction of sp³-hybridized carbons (Fsp3) is 0.0833. The number of Topliss-reactive ketones (excluding diaryl/α,β-unsaturated/α-hetero) is 1. The van der Waals surface area contributed by atoms with Crippen LogP contribution in [0.1, 0.15) is 17.3 Å². The second kappa shape index (κ2) is 4.61. The molecule has 0 aliphatic rings. The maximum atomic E-state index is 11.4. The Morgan fingerprint density at radius 1 is 1.35 bits per heavy atom. The fourth-order valence-electron chi connectivity index (χ4n) is 1.47. The second-order valence-corrected chi connectivity index (χ2v) is 3.53. The molecule has 1 aromatic carbocycles. The van der Waals surface area contributed by atoms with Crippen molar-refractivity contribution >= 4 is 17.2 Å². The standard InChI is InChI=1S/C12H11N3O2/c1-8(16)10-4-2-3-5-11(10)15-9-6-13-12(17)14-7-9/h2-7,15H,1H3,(H,13,14,17). The van der Waals surface area contributed by atoms with Crippen molar-refractivity contribution in [2.24, 2.45) is 0 Å². The monoisotopic (exact) mass is 229 g/mol. The lowest BCUT2D eigenvalue weighted by molar-refractivity contribution is 0.101. The topological polar surface area (TPSA) is 74.8 Å². The Bertz CT molecular complexity index is 584. The number of anilines is 2. The smallest absolute Gasteiger partial charge is 0.345 e. The zero-order valence-corrected chi connectivity index (χ0v) is 9.23. The normalized spacial score (nSPS) is 9.94. The lowest BCUT2D eigenvalue weighted by Crippen LogP contribution is -2.09. The summed E-state index contributed by atoms with van der Waals surface area (Å²) in [5, 5.41) is 3.03. The number of aromatic nitrogens is 2. The largest absolute Gasteiger partial charge is 0.352 e. The van der Waals surface area contributed by atoms with Crippen LogP contribution in [0.3, 0.4) is 0 Å². The van der Waals surface area contributed by atoms with Gasteiger partial charge in [-0.15, -0.1) is 0 Å². The van der Waals surface area contributed by atoms with Crippen LogP contribution in [-0.2, 0) is 0 Å². The molecule has 0 radical (unpaired) electrons. The van der Waals surface area contributed by atoms with Crippen molar-refractivity contribution in [3.63, 3.8) is 0 Å². The maximum absolute atomic E-state index is 11.4. The first-order chi connectivity index (χ1) is 8.16. The molecule has 0 unspecified atom stereocenters. The van der Waals surface area contributed by atoms with Gasteiger partial charge in [-0.05, 0) is 19.1 Å². The molecule has 2 rings (SSSR count). The Morgan fingerprint density at radius 3 is 2.76 bits per heavy atom. The van der Waals surface area contributed by atoms with Crippen molar-refractivity contribution in [3.8, 4) is 0 Å². The number of aromatic amines is 1. The van der Waals surface area contributed by atoms with Crippen molar-refractivity contribution in [3.05, 3.63) is 52.7 Å². The van der Waals surface area contributed by atoms with E-state index in [4.69, 9.17) is 0 Å². The number of H-pyrrole nitrogens is 1. The lowest BCUT2D eigenvalue weighted by atomic mass is 10.1. The molecule has 2 N–H and O–H groups in total. The first-order valence-corrected chi connectivity index (χ1v) is 5.08. The second-order valence-electron chi connectivity index (χ2n) is 3.53. The molecule has 0 saturated carbocycles. The van der Waals surface area contributed by atoms with Crippen LogP contribution in [0.5, 0.6) is 0 Å². The molecule has 0 aliphatic heterocycles. The minimum Gasteiger partial charge on any atom is -0.352 e. The van der Waals surface area contributed by atoms with E-state index in [9.17, 15) is 9.59 Å². The van der Waals surface area contributed by atoms with Crippen LogP contribution in [0.25, 0.3) is 0 Å². The highest BCUT2D eigenvalue weighted by Crippen LogP contribution is 2.19. The van der Waals surface area contributed by atoms with Gasteiger partial charge in [0.05, 0.1) is 11.9 Å². The highest BCUT2D eigenvalue weighted by molar-refractivity contribution is 6.00. The van der Waals surface area contributed by atoms with Gasteiger partial charge in [-0.2, -0.15) is 4.98 Å². The van der Waals surface area contributed by atoms with E-state index < -0.39 is 5.69 Å². The molecule has 0 amide bonds. The van der Waals surface area contributed by atoms with Crippen molar-refractivity contribution < 1.29 is 4.79 Å². The quantitative estimate of drug-likeness (QED) is 0.786. The molecule has 0 aliphatic carbocycles. The van der Waals surface area contributed by atoms with E-state index in [1.54, 1.807) is 18.2 Å². The van der Waals surface area contributed by atoms with Gasteiger partial charge in [0.2, 0.25) is 0 Å². The van der Waals surface area contributed by atoms with Crippen molar-refractivity contribution in [1.29, 1.82) is 0 Å². The Balaban J connectivity index is 2.33. The molecule has 17 heavy (non-hydrogen) atoms. The van der Waals surface area contributed by atoms with E-state index >= 15 is 0 Å². The van der Waals surface area contributed by atoms with Crippen LogP contribution in [-0.4, -0.2) is 15.8 Å². The summed E-state index contributed by atoms with van der Waals surface area (Å²) in [6.07, 6.45) is 2.92. The number of carbonyl (C=O) groups excluding carboxylic acids is 1. The number of nitrogens with zero attached hydrogens (tertiary/aromatic N) is 1. The predicted octanol–water partition coefficient (Wildman–Crippen LogP) is 1.72. The van der Waals surface area contributed by atoms with E-state index in [0.717, 1.165) is 0 Å². The first kappa shape index (κ1) is 11.1. The molecule has 0 bridgehead atoms. The van der Waals surface area contributed by atoms with Gasteiger partial charge < -0.3 is 10.3 Å². The van der Waals surface area contributed by atoms with Gasteiger partial charge in [0.25, 0.3) is 0 Å².